The van der Waals surface area contributed by atoms with Crippen molar-refractivity contribution in [3.63, 3.8) is 0 Å². The third kappa shape index (κ3) is 5.23. The van der Waals surface area contributed by atoms with Crippen LogP contribution in [0.5, 0.6) is 5.75 Å². The molecule has 2 aromatic carbocycles. The highest BCUT2D eigenvalue weighted by atomic mass is 16.5. The molecule has 0 aliphatic carbocycles. The number of hydrogen-bond donors (Lipinski definition) is 3. The number of methoxy groups -OCH3 is 1. The zero-order chi connectivity index (χ0) is 23.4. The van der Waals surface area contributed by atoms with Gasteiger partial charge in [0.05, 0.1) is 12.8 Å². The van der Waals surface area contributed by atoms with Crippen molar-refractivity contribution in [2.75, 3.05) is 30.8 Å². The Kier molecular flexibility index (Phi) is 6.74. The van der Waals surface area contributed by atoms with Crippen molar-refractivity contribution in [2.24, 2.45) is 0 Å². The molecule has 1 aromatic heterocycles. The van der Waals surface area contributed by atoms with Crippen LogP contribution in [0.3, 0.4) is 0 Å². The number of piperidine rings is 1. The molecule has 0 atom stereocenters. The van der Waals surface area contributed by atoms with Gasteiger partial charge in [0.2, 0.25) is 5.91 Å². The van der Waals surface area contributed by atoms with E-state index >= 15 is 0 Å². The van der Waals surface area contributed by atoms with Gasteiger partial charge >= 0.3 is 0 Å². The molecule has 172 valence electrons. The number of rotatable bonds is 6. The maximum Gasteiger partial charge on any atom is 0.278 e. The fraction of sp³-hybridized carbons (Fsp3) is 0.320. The number of aryl methyl sites for hydroxylation is 1. The SMILES string of the molecule is COc1ccc(C)cc1NC(=O)c1nc(C2CCNCC2)oc1-c1ccc(NC(C)=O)cc1. The topological polar surface area (TPSA) is 105 Å². The minimum Gasteiger partial charge on any atom is -0.495 e. The molecule has 3 N–H and O–H groups in total. The third-order valence-corrected chi connectivity index (χ3v) is 5.62. The average Bonchev–Trinajstić information content (AvgIpc) is 3.26. The Morgan fingerprint density at radius 3 is 2.48 bits per heavy atom. The zero-order valence-corrected chi connectivity index (χ0v) is 19.0. The third-order valence-electron chi connectivity index (χ3n) is 5.62. The summed E-state index contributed by atoms with van der Waals surface area (Å²) in [6.45, 7) is 5.17. The van der Waals surface area contributed by atoms with Crippen molar-refractivity contribution >= 4 is 23.2 Å². The molecule has 8 heteroatoms. The summed E-state index contributed by atoms with van der Waals surface area (Å²) in [6.07, 6.45) is 1.79. The minimum absolute atomic E-state index is 0.150. The number of oxazole rings is 1. The van der Waals surface area contributed by atoms with Crippen LogP contribution < -0.4 is 20.7 Å². The predicted octanol–water partition coefficient (Wildman–Crippen LogP) is 4.34. The normalized spacial score (nSPS) is 14.0. The van der Waals surface area contributed by atoms with E-state index in [9.17, 15) is 9.59 Å². The Bertz CT molecular complexity index is 1150. The lowest BCUT2D eigenvalue weighted by Crippen LogP contribution is -2.26. The molecule has 1 fully saturated rings. The molecule has 1 saturated heterocycles. The van der Waals surface area contributed by atoms with Crippen LogP contribution in [0.25, 0.3) is 11.3 Å². The molecule has 2 amide bonds. The van der Waals surface area contributed by atoms with Gasteiger partial charge in [0.15, 0.2) is 17.3 Å². The first-order valence-electron chi connectivity index (χ1n) is 11.0. The van der Waals surface area contributed by atoms with E-state index < -0.39 is 0 Å². The summed E-state index contributed by atoms with van der Waals surface area (Å²) < 4.78 is 11.6. The first-order valence-corrected chi connectivity index (χ1v) is 11.0. The summed E-state index contributed by atoms with van der Waals surface area (Å²) in [6, 6.07) is 12.7. The van der Waals surface area contributed by atoms with Gasteiger partial charge in [0.1, 0.15) is 5.75 Å². The quantitative estimate of drug-likeness (QED) is 0.518. The number of carbonyl (C=O) groups is 2. The number of nitrogens with one attached hydrogen (secondary N) is 3. The number of amides is 2. The molecular weight excluding hydrogens is 420 g/mol. The van der Waals surface area contributed by atoms with Crippen LogP contribution in [-0.2, 0) is 4.79 Å². The lowest BCUT2D eigenvalue weighted by Gasteiger charge is -2.19. The second-order valence-electron chi connectivity index (χ2n) is 8.17. The van der Waals surface area contributed by atoms with Gasteiger partial charge < -0.3 is 25.1 Å². The van der Waals surface area contributed by atoms with E-state index in [2.05, 4.69) is 20.9 Å². The average molecular weight is 449 g/mol. The van der Waals surface area contributed by atoms with E-state index in [-0.39, 0.29) is 23.4 Å². The van der Waals surface area contributed by atoms with E-state index in [4.69, 9.17) is 9.15 Å². The Balaban J connectivity index is 1.69. The van der Waals surface area contributed by atoms with Crippen LogP contribution in [0.15, 0.2) is 46.9 Å². The highest BCUT2D eigenvalue weighted by molar-refractivity contribution is 6.07. The molecule has 8 nitrogen and oxygen atoms in total. The second kappa shape index (κ2) is 9.87. The molecule has 4 rings (SSSR count). The number of nitrogens with zero attached hydrogens (tertiary/aromatic N) is 1. The summed E-state index contributed by atoms with van der Waals surface area (Å²) in [5.74, 6) is 1.17. The van der Waals surface area contributed by atoms with Crippen molar-refractivity contribution in [3.8, 4) is 17.1 Å². The summed E-state index contributed by atoms with van der Waals surface area (Å²) in [7, 11) is 1.56. The lowest BCUT2D eigenvalue weighted by atomic mass is 9.98. The van der Waals surface area contributed by atoms with Crippen LogP contribution >= 0.6 is 0 Å². The second-order valence-corrected chi connectivity index (χ2v) is 8.17. The van der Waals surface area contributed by atoms with Crippen molar-refractivity contribution < 1.29 is 18.7 Å². The van der Waals surface area contributed by atoms with Crippen LogP contribution in [0, 0.1) is 6.92 Å². The molecular formula is C25H28N4O4. The Morgan fingerprint density at radius 1 is 1.09 bits per heavy atom. The largest absolute Gasteiger partial charge is 0.495 e. The number of carbonyl (C=O) groups excluding carboxylic acids is 2. The van der Waals surface area contributed by atoms with Crippen molar-refractivity contribution in [2.45, 2.75) is 32.6 Å². The molecule has 3 aromatic rings. The highest BCUT2D eigenvalue weighted by Crippen LogP contribution is 2.33. The smallest absolute Gasteiger partial charge is 0.278 e. The highest BCUT2D eigenvalue weighted by Gasteiger charge is 2.27. The molecule has 33 heavy (non-hydrogen) atoms. The fourth-order valence-corrected chi connectivity index (χ4v) is 3.94. The van der Waals surface area contributed by atoms with Crippen molar-refractivity contribution in [3.05, 3.63) is 59.6 Å². The van der Waals surface area contributed by atoms with Gasteiger partial charge in [-0.1, -0.05) is 6.07 Å². The maximum atomic E-state index is 13.3. The monoisotopic (exact) mass is 448 g/mol. The number of hydrogen-bond acceptors (Lipinski definition) is 6. The first kappa shape index (κ1) is 22.5. The van der Waals surface area contributed by atoms with E-state index in [1.807, 2.05) is 37.3 Å². The molecule has 2 heterocycles. The van der Waals surface area contributed by atoms with Crippen molar-refractivity contribution in [1.29, 1.82) is 0 Å². The molecule has 0 spiro atoms. The Hall–Kier alpha value is -3.65. The van der Waals surface area contributed by atoms with E-state index in [1.165, 1.54) is 6.92 Å². The van der Waals surface area contributed by atoms with Gasteiger partial charge in [-0.15, -0.1) is 0 Å². The number of benzene rings is 2. The Labute approximate surface area is 192 Å². The molecule has 0 unspecified atom stereocenters. The Morgan fingerprint density at radius 2 is 1.82 bits per heavy atom. The summed E-state index contributed by atoms with van der Waals surface area (Å²) >= 11 is 0. The number of aromatic nitrogens is 1. The summed E-state index contributed by atoms with van der Waals surface area (Å²) in [5, 5.41) is 9.01. The molecule has 1 aliphatic heterocycles. The standard InChI is InChI=1S/C25H28N4O4/c1-15-4-9-21(32-3)20(14-15)28-24(31)22-23(17-5-7-19(8-6-17)27-16(2)30)33-25(29-22)18-10-12-26-13-11-18/h4-9,14,18,26H,10-13H2,1-3H3,(H,27,30)(H,28,31). The van der Waals surface area contributed by atoms with Gasteiger partial charge in [0, 0.05) is 24.1 Å². The number of anilines is 2. The predicted molar refractivity (Wildman–Crippen MR) is 127 cm³/mol. The molecule has 0 bridgehead atoms. The van der Waals surface area contributed by atoms with Crippen LogP contribution in [-0.4, -0.2) is 37.0 Å². The van der Waals surface area contributed by atoms with E-state index in [0.29, 0.717) is 34.3 Å². The molecule has 0 radical (unpaired) electrons. The van der Waals surface area contributed by atoms with Crippen LogP contribution in [0.2, 0.25) is 0 Å². The molecule has 1 aliphatic rings. The zero-order valence-electron chi connectivity index (χ0n) is 19.0. The summed E-state index contributed by atoms with van der Waals surface area (Å²) in [4.78, 5) is 29.3. The van der Waals surface area contributed by atoms with Crippen LogP contribution in [0.1, 0.15) is 47.6 Å². The van der Waals surface area contributed by atoms with Gasteiger partial charge in [-0.05, 0) is 74.8 Å². The van der Waals surface area contributed by atoms with Gasteiger partial charge in [-0.3, -0.25) is 9.59 Å². The van der Waals surface area contributed by atoms with Crippen LogP contribution in [0.4, 0.5) is 11.4 Å². The van der Waals surface area contributed by atoms with Gasteiger partial charge in [-0.2, -0.15) is 0 Å². The summed E-state index contributed by atoms with van der Waals surface area (Å²) in [5.41, 5.74) is 3.16. The minimum atomic E-state index is -0.372. The van der Waals surface area contributed by atoms with Crippen molar-refractivity contribution in [1.82, 2.24) is 10.3 Å². The van der Waals surface area contributed by atoms with Gasteiger partial charge in [-0.25, -0.2) is 4.98 Å². The van der Waals surface area contributed by atoms with E-state index in [0.717, 1.165) is 31.5 Å². The number of ether oxygens (including phenoxy) is 1. The first-order chi connectivity index (χ1) is 15.9. The van der Waals surface area contributed by atoms with E-state index in [1.54, 1.807) is 19.2 Å². The maximum absolute atomic E-state index is 13.3. The lowest BCUT2D eigenvalue weighted by molar-refractivity contribution is -0.114. The van der Waals surface area contributed by atoms with Gasteiger partial charge in [0.25, 0.3) is 5.91 Å². The fourth-order valence-electron chi connectivity index (χ4n) is 3.94. The molecule has 0 saturated carbocycles.